The average Bonchev–Trinajstić information content (AvgIpc) is 3.84. The van der Waals surface area contributed by atoms with Gasteiger partial charge in [-0.3, -0.25) is 0 Å². The highest BCUT2D eigenvalue weighted by Crippen LogP contribution is 2.60. The lowest BCUT2D eigenvalue weighted by Crippen LogP contribution is -2.36. The van der Waals surface area contributed by atoms with Crippen LogP contribution in [0.5, 0.6) is 0 Å². The van der Waals surface area contributed by atoms with Crippen LogP contribution in [0.3, 0.4) is 0 Å². The molecular formula is C36H44O10. The van der Waals surface area contributed by atoms with Gasteiger partial charge in [-0.2, -0.15) is 0 Å². The van der Waals surface area contributed by atoms with Gasteiger partial charge in [0.2, 0.25) is 0 Å². The lowest BCUT2D eigenvalue weighted by Gasteiger charge is -2.29. The van der Waals surface area contributed by atoms with Gasteiger partial charge in [0, 0.05) is 47.2 Å². The fraction of sp³-hybridized carbons (Fsp3) is 0.639. The third-order valence-corrected chi connectivity index (χ3v) is 12.2. The molecule has 248 valence electrons. The molecule has 6 fully saturated rings. The van der Waals surface area contributed by atoms with Crippen molar-refractivity contribution in [1.82, 2.24) is 0 Å². The van der Waals surface area contributed by atoms with Crippen LogP contribution in [0.25, 0.3) is 0 Å². The first-order valence-electron chi connectivity index (χ1n) is 16.5. The Balaban J connectivity index is 0.000000156. The van der Waals surface area contributed by atoms with Crippen molar-refractivity contribution in [3.05, 3.63) is 59.3 Å². The summed E-state index contributed by atoms with van der Waals surface area (Å²) in [6, 6.07) is 0. The first kappa shape index (κ1) is 31.5. The van der Waals surface area contributed by atoms with E-state index in [-0.39, 0.29) is 53.2 Å². The van der Waals surface area contributed by atoms with Gasteiger partial charge in [-0.15, -0.1) is 0 Å². The lowest BCUT2D eigenvalue weighted by molar-refractivity contribution is -0.149. The van der Waals surface area contributed by atoms with Crippen LogP contribution in [0, 0.1) is 41.4 Å². The fourth-order valence-electron chi connectivity index (χ4n) is 9.74. The SMILES string of the molecule is C=C1C(=O)O[C@@H]2[C@H]3C(C)=CC[C@H]3[C@]3(CO3)C[C@@H](C)[C@@H]12.C=C1C(=O)O[C@@H]2[C@H]3C(C)=CC[C@H]3[C@]3(CO3)C[C@@H](OC(=O)/C(=C/CO)CO)[C@@H]12. The van der Waals surface area contributed by atoms with E-state index in [4.69, 9.17) is 28.8 Å². The van der Waals surface area contributed by atoms with Crippen LogP contribution < -0.4 is 0 Å². The maximum absolute atomic E-state index is 12.5. The van der Waals surface area contributed by atoms with E-state index in [0.29, 0.717) is 41.9 Å². The minimum Gasteiger partial charge on any atom is -0.458 e. The molecule has 2 N–H and O–H groups in total. The van der Waals surface area contributed by atoms with Gasteiger partial charge in [-0.1, -0.05) is 43.4 Å². The largest absolute Gasteiger partial charge is 0.458 e. The van der Waals surface area contributed by atoms with Crippen molar-refractivity contribution in [3.8, 4) is 0 Å². The summed E-state index contributed by atoms with van der Waals surface area (Å²) in [7, 11) is 0. The van der Waals surface area contributed by atoms with E-state index in [0.717, 1.165) is 31.4 Å². The van der Waals surface area contributed by atoms with Crippen LogP contribution in [0.4, 0.5) is 0 Å². The van der Waals surface area contributed by atoms with Crippen molar-refractivity contribution in [2.24, 2.45) is 41.4 Å². The summed E-state index contributed by atoms with van der Waals surface area (Å²) >= 11 is 0. The highest BCUT2D eigenvalue weighted by Gasteiger charge is 2.66. The number of rotatable bonds is 4. The van der Waals surface area contributed by atoms with E-state index in [2.05, 4.69) is 39.2 Å². The summed E-state index contributed by atoms with van der Waals surface area (Å²) in [5.74, 6) is -0.199. The topological polar surface area (TPSA) is 144 Å². The van der Waals surface area contributed by atoms with Crippen molar-refractivity contribution in [2.75, 3.05) is 26.4 Å². The maximum Gasteiger partial charge on any atom is 0.336 e. The predicted octanol–water partition coefficient (Wildman–Crippen LogP) is 3.14. The van der Waals surface area contributed by atoms with Crippen molar-refractivity contribution in [1.29, 1.82) is 0 Å². The Labute approximate surface area is 269 Å². The van der Waals surface area contributed by atoms with Gasteiger partial charge in [-0.05, 0) is 45.1 Å². The molecule has 0 aromatic rings. The zero-order valence-electron chi connectivity index (χ0n) is 26.7. The van der Waals surface area contributed by atoms with Gasteiger partial charge < -0.3 is 33.9 Å². The molecule has 2 spiro atoms. The molecule has 8 rings (SSSR count). The maximum atomic E-state index is 12.5. The first-order valence-corrected chi connectivity index (χ1v) is 16.5. The molecule has 4 aliphatic carbocycles. The number of allylic oxidation sites excluding steroid dienone is 2. The molecule has 8 aliphatic rings. The number of epoxide rings is 2. The van der Waals surface area contributed by atoms with Crippen LogP contribution in [0.15, 0.2) is 59.3 Å². The molecule has 0 aromatic carbocycles. The van der Waals surface area contributed by atoms with E-state index in [1.165, 1.54) is 11.6 Å². The molecule has 0 radical (unpaired) electrons. The summed E-state index contributed by atoms with van der Waals surface area (Å²) in [5.41, 5.74) is 3.16. The molecule has 10 nitrogen and oxygen atoms in total. The molecule has 4 saturated heterocycles. The Bertz CT molecular complexity index is 1460. The molecule has 0 unspecified atom stereocenters. The molecule has 12 atom stereocenters. The second kappa shape index (κ2) is 11.3. The molecule has 46 heavy (non-hydrogen) atoms. The van der Waals surface area contributed by atoms with Gasteiger partial charge >= 0.3 is 17.9 Å². The third-order valence-electron chi connectivity index (χ3n) is 12.2. The van der Waals surface area contributed by atoms with Gasteiger partial charge in [0.1, 0.15) is 18.3 Å². The zero-order chi connectivity index (χ0) is 32.7. The summed E-state index contributed by atoms with van der Waals surface area (Å²) in [4.78, 5) is 36.6. The predicted molar refractivity (Wildman–Crippen MR) is 164 cm³/mol. The molecular weight excluding hydrogens is 592 g/mol. The van der Waals surface area contributed by atoms with Crippen molar-refractivity contribution >= 4 is 17.9 Å². The van der Waals surface area contributed by atoms with Gasteiger partial charge in [0.25, 0.3) is 0 Å². The number of esters is 3. The molecule has 0 aromatic heterocycles. The second-order valence-corrected chi connectivity index (χ2v) is 14.6. The Hall–Kier alpha value is -3.05. The molecule has 10 heteroatoms. The van der Waals surface area contributed by atoms with Gasteiger partial charge in [-0.25, -0.2) is 14.4 Å². The monoisotopic (exact) mass is 636 g/mol. The number of carbonyl (C=O) groups is 3. The van der Waals surface area contributed by atoms with E-state index >= 15 is 0 Å². The Kier molecular flexibility index (Phi) is 7.74. The van der Waals surface area contributed by atoms with Gasteiger partial charge in [0.05, 0.1) is 49.1 Å². The third kappa shape index (κ3) is 4.86. The summed E-state index contributed by atoms with van der Waals surface area (Å²) in [6.07, 6.45) is 8.00. The smallest absolute Gasteiger partial charge is 0.336 e. The average molecular weight is 637 g/mol. The highest BCUT2D eigenvalue weighted by atomic mass is 16.6. The zero-order valence-corrected chi connectivity index (χ0v) is 26.7. The number of fused-ring (bicyclic) bond motifs is 8. The van der Waals surface area contributed by atoms with Crippen LogP contribution in [-0.2, 0) is 38.1 Å². The summed E-state index contributed by atoms with van der Waals surface area (Å²) in [5, 5.41) is 18.4. The number of carbonyl (C=O) groups excluding carboxylic acids is 3. The Morgan fingerprint density at radius 1 is 0.891 bits per heavy atom. The van der Waals surface area contributed by atoms with Crippen LogP contribution in [-0.4, -0.2) is 84.1 Å². The van der Waals surface area contributed by atoms with Crippen LogP contribution >= 0.6 is 0 Å². The molecule has 0 bridgehead atoms. The highest BCUT2D eigenvalue weighted by molar-refractivity contribution is 5.92. The number of aliphatic hydroxyl groups excluding tert-OH is 2. The van der Waals surface area contributed by atoms with E-state index < -0.39 is 36.7 Å². The van der Waals surface area contributed by atoms with E-state index in [1.54, 1.807) is 0 Å². The first-order chi connectivity index (χ1) is 21.9. The van der Waals surface area contributed by atoms with Crippen molar-refractivity contribution in [3.63, 3.8) is 0 Å². The summed E-state index contributed by atoms with van der Waals surface area (Å²) in [6.45, 7) is 14.8. The normalized spacial score (nSPS) is 44.8. The quantitative estimate of drug-likeness (QED) is 0.155. The molecule has 4 heterocycles. The van der Waals surface area contributed by atoms with Crippen LogP contribution in [0.1, 0.15) is 46.5 Å². The Morgan fingerprint density at radius 3 is 1.89 bits per heavy atom. The van der Waals surface area contributed by atoms with E-state index in [1.807, 2.05) is 6.92 Å². The molecule has 2 saturated carbocycles. The van der Waals surface area contributed by atoms with Crippen LogP contribution in [0.2, 0.25) is 0 Å². The minimum absolute atomic E-state index is 0.0117. The molecule has 4 aliphatic heterocycles. The second-order valence-electron chi connectivity index (χ2n) is 14.6. The number of aliphatic hydroxyl groups is 2. The Morgan fingerprint density at radius 2 is 1.39 bits per heavy atom. The number of hydrogen-bond acceptors (Lipinski definition) is 10. The van der Waals surface area contributed by atoms with Crippen molar-refractivity contribution < 1.29 is 48.3 Å². The summed E-state index contributed by atoms with van der Waals surface area (Å²) < 4.78 is 28.8. The van der Waals surface area contributed by atoms with Crippen molar-refractivity contribution in [2.45, 2.75) is 76.0 Å². The van der Waals surface area contributed by atoms with Gasteiger partial charge in [0.15, 0.2) is 0 Å². The number of hydrogen-bond donors (Lipinski definition) is 2. The fourth-order valence-corrected chi connectivity index (χ4v) is 9.74. The minimum atomic E-state index is -0.711. The molecule has 0 amide bonds. The lowest BCUT2D eigenvalue weighted by atomic mass is 9.78. The van der Waals surface area contributed by atoms with E-state index in [9.17, 15) is 19.5 Å². The number of ether oxygens (including phenoxy) is 5. The standard InChI is InChI=1S/C20H24O7.C16H20O3/c1-10-3-4-13-15(10)17-16(11(2)18(23)27-17)14(7-20(13)9-25-20)26-19(24)12(8-22)5-6-21;1-8-4-5-11-13(8)14-12(10(3)15(17)19-14)9(2)6-16(11)7-18-16/h3,5,13-17,21-22H,2,4,6-9H2,1H3;4,9,11-14H,3,5-7H2,1-2H3/b12-5+;/t13-,14-,15+,16-,17-,20-;9-,11-,12+,13+,14+,16-/m11/s1.